The second-order valence-corrected chi connectivity index (χ2v) is 3.98. The van der Waals surface area contributed by atoms with Gasteiger partial charge in [-0.2, -0.15) is 13.7 Å². The van der Waals surface area contributed by atoms with Gasteiger partial charge in [-0.3, -0.25) is 4.72 Å². The van der Waals surface area contributed by atoms with Crippen LogP contribution in [0, 0.1) is 11.3 Å². The normalized spacial score (nSPS) is 10.6. The number of anilines is 1. The Bertz CT molecular complexity index is 462. The summed E-state index contributed by atoms with van der Waals surface area (Å²) in [6.07, 6.45) is 0.236. The van der Waals surface area contributed by atoms with Crippen molar-refractivity contribution >= 4 is 15.9 Å². The van der Waals surface area contributed by atoms with E-state index in [1.807, 2.05) is 6.07 Å². The van der Waals surface area contributed by atoms with Crippen LogP contribution in [0.4, 0.5) is 5.69 Å². The van der Waals surface area contributed by atoms with Crippen LogP contribution < -0.4 is 9.86 Å². The number of hydrogen-bond donors (Lipinski definition) is 2. The molecule has 3 N–H and O–H groups in total. The van der Waals surface area contributed by atoms with Crippen LogP contribution in [0.25, 0.3) is 0 Å². The average molecular weight is 211 g/mol. The second-order valence-electron chi connectivity index (χ2n) is 2.68. The predicted octanol–water partition coefficient (Wildman–Crippen LogP) is 0.368. The zero-order chi connectivity index (χ0) is 10.6. The molecule has 0 heterocycles. The average Bonchev–Trinajstić information content (AvgIpc) is 2.02. The Labute approximate surface area is 82.3 Å². The Kier molecular flexibility index (Phi) is 3.06. The number of nitriles is 1. The molecule has 0 fully saturated rings. The molecule has 6 heteroatoms. The maximum atomic E-state index is 10.7. The van der Waals surface area contributed by atoms with Crippen molar-refractivity contribution in [3.8, 4) is 6.07 Å². The molecule has 0 amide bonds. The molecule has 0 saturated carbocycles. The summed E-state index contributed by atoms with van der Waals surface area (Å²) >= 11 is 0. The third kappa shape index (κ3) is 3.43. The summed E-state index contributed by atoms with van der Waals surface area (Å²) in [7, 11) is -3.74. The minimum absolute atomic E-state index is 0.236. The van der Waals surface area contributed by atoms with E-state index in [2.05, 4.69) is 4.72 Å². The van der Waals surface area contributed by atoms with Crippen LogP contribution in [0.5, 0.6) is 0 Å². The summed E-state index contributed by atoms with van der Waals surface area (Å²) in [5.74, 6) is 0. The van der Waals surface area contributed by atoms with Gasteiger partial charge in [-0.15, -0.1) is 0 Å². The van der Waals surface area contributed by atoms with Crippen LogP contribution in [0.3, 0.4) is 0 Å². The number of nitrogens with zero attached hydrogens (tertiary/aromatic N) is 1. The van der Waals surface area contributed by atoms with Gasteiger partial charge in [0.15, 0.2) is 0 Å². The van der Waals surface area contributed by atoms with Crippen LogP contribution in [0.2, 0.25) is 0 Å². The molecule has 0 aliphatic rings. The third-order valence-corrected chi connectivity index (χ3v) is 1.99. The zero-order valence-electron chi connectivity index (χ0n) is 7.27. The summed E-state index contributed by atoms with van der Waals surface area (Å²) in [6, 6.07) is 8.48. The lowest BCUT2D eigenvalue weighted by Gasteiger charge is -2.03. The monoisotopic (exact) mass is 211 g/mol. The number of nitrogens with one attached hydrogen (secondary N) is 1. The van der Waals surface area contributed by atoms with Crippen molar-refractivity contribution in [1.29, 1.82) is 5.26 Å². The Morgan fingerprint density at radius 2 is 2.21 bits per heavy atom. The number of nitrogens with two attached hydrogens (primary N) is 1. The Balaban J connectivity index is 2.90. The molecule has 5 nitrogen and oxygen atoms in total. The van der Waals surface area contributed by atoms with E-state index in [4.69, 9.17) is 10.4 Å². The number of hydrogen-bond acceptors (Lipinski definition) is 3. The molecular weight excluding hydrogens is 202 g/mol. The molecule has 1 aromatic carbocycles. The predicted molar refractivity (Wildman–Crippen MR) is 52.5 cm³/mol. The molecule has 0 unspecified atom stereocenters. The largest absolute Gasteiger partial charge is 0.296 e. The van der Waals surface area contributed by atoms with E-state index >= 15 is 0 Å². The van der Waals surface area contributed by atoms with Crippen molar-refractivity contribution in [3.63, 3.8) is 0 Å². The van der Waals surface area contributed by atoms with Crippen LogP contribution in [0.1, 0.15) is 5.56 Å². The molecule has 74 valence electrons. The van der Waals surface area contributed by atoms with Gasteiger partial charge in [0.25, 0.3) is 10.2 Å². The summed E-state index contributed by atoms with van der Waals surface area (Å²) in [5.41, 5.74) is 1.10. The van der Waals surface area contributed by atoms with Crippen molar-refractivity contribution in [2.45, 2.75) is 6.42 Å². The van der Waals surface area contributed by atoms with Crippen LogP contribution in [-0.4, -0.2) is 8.42 Å². The molecule has 0 atom stereocenters. The molecule has 0 bridgehead atoms. The summed E-state index contributed by atoms with van der Waals surface area (Å²) < 4.78 is 23.5. The van der Waals surface area contributed by atoms with Gasteiger partial charge in [-0.25, -0.2) is 5.14 Å². The van der Waals surface area contributed by atoms with Crippen molar-refractivity contribution < 1.29 is 8.42 Å². The maximum absolute atomic E-state index is 10.7. The molecule has 0 aliphatic heterocycles. The lowest BCUT2D eigenvalue weighted by molar-refractivity contribution is 0.603. The summed E-state index contributed by atoms with van der Waals surface area (Å²) in [4.78, 5) is 0. The lowest BCUT2D eigenvalue weighted by atomic mass is 10.1. The second kappa shape index (κ2) is 4.09. The Morgan fingerprint density at radius 1 is 1.50 bits per heavy atom. The van der Waals surface area contributed by atoms with Gasteiger partial charge in [0.2, 0.25) is 0 Å². The Hall–Kier alpha value is -1.58. The molecule has 0 aliphatic carbocycles. The van der Waals surface area contributed by atoms with E-state index in [0.717, 1.165) is 5.56 Å². The van der Waals surface area contributed by atoms with Gasteiger partial charge in [0.1, 0.15) is 0 Å². The molecule has 0 aromatic heterocycles. The van der Waals surface area contributed by atoms with Crippen molar-refractivity contribution in [3.05, 3.63) is 29.8 Å². The minimum atomic E-state index is -3.74. The highest BCUT2D eigenvalue weighted by molar-refractivity contribution is 7.90. The van der Waals surface area contributed by atoms with E-state index in [0.29, 0.717) is 5.69 Å². The lowest BCUT2D eigenvalue weighted by Crippen LogP contribution is -2.21. The first kappa shape index (κ1) is 10.5. The summed E-state index contributed by atoms with van der Waals surface area (Å²) in [5, 5.41) is 13.2. The fourth-order valence-electron chi connectivity index (χ4n) is 1.00. The molecule has 0 radical (unpaired) electrons. The molecule has 14 heavy (non-hydrogen) atoms. The SMILES string of the molecule is N#CCc1cccc(NS(N)(=O)=O)c1. The number of rotatable bonds is 3. The van der Waals surface area contributed by atoms with Crippen LogP contribution in [-0.2, 0) is 16.6 Å². The van der Waals surface area contributed by atoms with E-state index in [1.54, 1.807) is 24.3 Å². The Morgan fingerprint density at radius 3 is 2.79 bits per heavy atom. The minimum Gasteiger partial charge on any atom is -0.271 e. The smallest absolute Gasteiger partial charge is 0.271 e. The molecular formula is C8H9N3O2S. The van der Waals surface area contributed by atoms with Gasteiger partial charge in [0.05, 0.1) is 18.2 Å². The first-order valence-corrected chi connectivity index (χ1v) is 5.32. The zero-order valence-corrected chi connectivity index (χ0v) is 8.08. The highest BCUT2D eigenvalue weighted by Gasteiger charge is 2.02. The van der Waals surface area contributed by atoms with E-state index in [1.165, 1.54) is 0 Å². The standard InChI is InChI=1S/C8H9N3O2S/c9-5-4-7-2-1-3-8(6-7)11-14(10,12)13/h1-3,6,11H,4H2,(H2,10,12,13). The third-order valence-electron chi connectivity index (χ3n) is 1.47. The first-order valence-electron chi connectivity index (χ1n) is 3.78. The van der Waals surface area contributed by atoms with Gasteiger partial charge >= 0.3 is 0 Å². The van der Waals surface area contributed by atoms with E-state index < -0.39 is 10.2 Å². The molecule has 1 aromatic rings. The van der Waals surface area contributed by atoms with Gasteiger partial charge in [-0.1, -0.05) is 12.1 Å². The van der Waals surface area contributed by atoms with E-state index in [9.17, 15) is 8.42 Å². The fraction of sp³-hybridized carbons (Fsp3) is 0.125. The topological polar surface area (TPSA) is 96.0 Å². The van der Waals surface area contributed by atoms with Gasteiger partial charge < -0.3 is 0 Å². The molecule has 1 rings (SSSR count). The van der Waals surface area contributed by atoms with Gasteiger partial charge in [-0.05, 0) is 17.7 Å². The quantitative estimate of drug-likeness (QED) is 0.755. The summed E-state index contributed by atoms with van der Waals surface area (Å²) in [6.45, 7) is 0. The van der Waals surface area contributed by atoms with Crippen molar-refractivity contribution in [1.82, 2.24) is 0 Å². The number of benzene rings is 1. The van der Waals surface area contributed by atoms with E-state index in [-0.39, 0.29) is 6.42 Å². The maximum Gasteiger partial charge on any atom is 0.296 e. The van der Waals surface area contributed by atoms with Gasteiger partial charge in [0, 0.05) is 0 Å². The van der Waals surface area contributed by atoms with Crippen LogP contribution >= 0.6 is 0 Å². The fourth-order valence-corrected chi connectivity index (χ4v) is 1.46. The molecule has 0 spiro atoms. The highest BCUT2D eigenvalue weighted by atomic mass is 32.2. The van der Waals surface area contributed by atoms with Crippen molar-refractivity contribution in [2.24, 2.45) is 5.14 Å². The molecule has 0 saturated heterocycles. The van der Waals surface area contributed by atoms with Crippen LogP contribution in [0.15, 0.2) is 24.3 Å². The first-order chi connectivity index (χ1) is 6.51. The van der Waals surface area contributed by atoms with Crippen molar-refractivity contribution in [2.75, 3.05) is 4.72 Å². The highest BCUT2D eigenvalue weighted by Crippen LogP contribution is 2.11.